The molecule has 0 spiro atoms. The smallest absolute Gasteiger partial charge is 0.127 e. The van der Waals surface area contributed by atoms with E-state index in [4.69, 9.17) is 9.47 Å². The maximum Gasteiger partial charge on any atom is 0.127 e. The molecule has 3 nitrogen and oxygen atoms in total. The average molecular weight is 284 g/mol. The van der Waals surface area contributed by atoms with Crippen LogP contribution in [0.5, 0.6) is 11.5 Å². The molecule has 0 saturated heterocycles. The molecule has 0 N–H and O–H groups in total. The highest BCUT2D eigenvalue weighted by Crippen LogP contribution is 2.29. The number of carbonyl (C=O) groups excluding carboxylic acids is 1. The lowest BCUT2D eigenvalue weighted by atomic mass is 9.92. The molecule has 21 heavy (non-hydrogen) atoms. The standard InChI is InChI=1S/C18H20O3/c1-13-4-6-14(7-5-13)16(12-19)10-15-11-17(20-2)8-9-18(15)21-3/h4-9,11-12,16H,10H2,1-3H3. The Bertz CT molecular complexity index is 602. The number of methoxy groups -OCH3 is 2. The minimum Gasteiger partial charge on any atom is -0.497 e. The highest BCUT2D eigenvalue weighted by Gasteiger charge is 2.15. The van der Waals surface area contributed by atoms with Crippen molar-refractivity contribution in [3.8, 4) is 11.5 Å². The molecule has 0 radical (unpaired) electrons. The van der Waals surface area contributed by atoms with E-state index in [1.165, 1.54) is 5.56 Å². The van der Waals surface area contributed by atoms with Gasteiger partial charge in [0.25, 0.3) is 0 Å². The first-order valence-electron chi connectivity index (χ1n) is 6.90. The first-order valence-corrected chi connectivity index (χ1v) is 6.90. The van der Waals surface area contributed by atoms with Crippen molar-refractivity contribution in [2.24, 2.45) is 0 Å². The predicted molar refractivity (Wildman–Crippen MR) is 83.2 cm³/mol. The SMILES string of the molecule is COc1ccc(OC)c(CC(C=O)c2ccc(C)cc2)c1. The first kappa shape index (κ1) is 15.1. The molecule has 0 aliphatic heterocycles. The van der Waals surface area contributed by atoms with Gasteiger partial charge in [-0.05, 0) is 42.7 Å². The van der Waals surface area contributed by atoms with Crippen LogP contribution in [-0.2, 0) is 11.2 Å². The van der Waals surface area contributed by atoms with Gasteiger partial charge < -0.3 is 14.3 Å². The molecule has 0 amide bonds. The molecule has 0 heterocycles. The van der Waals surface area contributed by atoms with Crippen molar-refractivity contribution in [3.63, 3.8) is 0 Å². The summed E-state index contributed by atoms with van der Waals surface area (Å²) in [6, 6.07) is 13.7. The van der Waals surface area contributed by atoms with E-state index in [2.05, 4.69) is 0 Å². The van der Waals surface area contributed by atoms with E-state index in [0.29, 0.717) is 6.42 Å². The number of carbonyl (C=O) groups is 1. The van der Waals surface area contributed by atoms with Crippen LogP contribution >= 0.6 is 0 Å². The van der Waals surface area contributed by atoms with Gasteiger partial charge in [-0.3, -0.25) is 0 Å². The average Bonchev–Trinajstić information content (AvgIpc) is 2.53. The summed E-state index contributed by atoms with van der Waals surface area (Å²) >= 11 is 0. The monoisotopic (exact) mass is 284 g/mol. The second-order valence-corrected chi connectivity index (χ2v) is 5.04. The number of aryl methyl sites for hydroxylation is 1. The van der Waals surface area contributed by atoms with Gasteiger partial charge in [0, 0.05) is 5.92 Å². The minimum absolute atomic E-state index is 0.188. The van der Waals surface area contributed by atoms with Gasteiger partial charge in [0.05, 0.1) is 14.2 Å². The van der Waals surface area contributed by atoms with Crippen LogP contribution in [-0.4, -0.2) is 20.5 Å². The summed E-state index contributed by atoms with van der Waals surface area (Å²) in [6.45, 7) is 2.03. The molecular formula is C18H20O3. The third kappa shape index (κ3) is 3.63. The van der Waals surface area contributed by atoms with Gasteiger partial charge >= 0.3 is 0 Å². The number of hydrogen-bond acceptors (Lipinski definition) is 3. The highest BCUT2D eigenvalue weighted by atomic mass is 16.5. The third-order valence-corrected chi connectivity index (χ3v) is 3.60. The molecule has 2 aromatic carbocycles. The van der Waals surface area contributed by atoms with E-state index < -0.39 is 0 Å². The third-order valence-electron chi connectivity index (χ3n) is 3.60. The van der Waals surface area contributed by atoms with E-state index in [1.54, 1.807) is 14.2 Å². The molecule has 1 unspecified atom stereocenters. The fourth-order valence-electron chi connectivity index (χ4n) is 2.34. The molecule has 0 bridgehead atoms. The Hall–Kier alpha value is -2.29. The second kappa shape index (κ2) is 6.93. The van der Waals surface area contributed by atoms with Crippen LogP contribution in [0.3, 0.4) is 0 Å². The summed E-state index contributed by atoms with van der Waals surface area (Å²) in [5.74, 6) is 1.35. The van der Waals surface area contributed by atoms with E-state index in [1.807, 2.05) is 49.4 Å². The van der Waals surface area contributed by atoms with Gasteiger partial charge in [-0.15, -0.1) is 0 Å². The summed E-state index contributed by atoms with van der Waals surface area (Å²) in [5, 5.41) is 0. The van der Waals surface area contributed by atoms with Crippen molar-refractivity contribution in [3.05, 3.63) is 59.2 Å². The zero-order valence-electron chi connectivity index (χ0n) is 12.6. The number of ether oxygens (including phenoxy) is 2. The van der Waals surface area contributed by atoms with E-state index in [0.717, 1.165) is 28.9 Å². The van der Waals surface area contributed by atoms with Crippen LogP contribution in [0.25, 0.3) is 0 Å². The van der Waals surface area contributed by atoms with Gasteiger partial charge in [-0.25, -0.2) is 0 Å². The van der Waals surface area contributed by atoms with Crippen molar-refractivity contribution in [1.82, 2.24) is 0 Å². The molecule has 3 heteroatoms. The first-order chi connectivity index (χ1) is 10.2. The Morgan fingerprint density at radius 3 is 2.33 bits per heavy atom. The Balaban J connectivity index is 2.29. The largest absolute Gasteiger partial charge is 0.497 e. The Labute approximate surface area is 125 Å². The van der Waals surface area contributed by atoms with Crippen molar-refractivity contribution >= 4 is 6.29 Å². The van der Waals surface area contributed by atoms with Gasteiger partial charge in [0.15, 0.2) is 0 Å². The van der Waals surface area contributed by atoms with E-state index >= 15 is 0 Å². The zero-order valence-corrected chi connectivity index (χ0v) is 12.6. The number of rotatable bonds is 6. The summed E-state index contributed by atoms with van der Waals surface area (Å²) < 4.78 is 10.6. The lowest BCUT2D eigenvalue weighted by Crippen LogP contribution is -2.06. The summed E-state index contributed by atoms with van der Waals surface area (Å²) in [5.41, 5.74) is 3.16. The Kier molecular flexibility index (Phi) is 4.99. The highest BCUT2D eigenvalue weighted by molar-refractivity contribution is 5.63. The van der Waals surface area contributed by atoms with Gasteiger partial charge in [0.1, 0.15) is 17.8 Å². The fourth-order valence-corrected chi connectivity index (χ4v) is 2.34. The fraction of sp³-hybridized carbons (Fsp3) is 0.278. The lowest BCUT2D eigenvalue weighted by molar-refractivity contribution is -0.109. The summed E-state index contributed by atoms with van der Waals surface area (Å²) in [7, 11) is 3.26. The maximum atomic E-state index is 11.5. The maximum absolute atomic E-state index is 11.5. The van der Waals surface area contributed by atoms with Crippen molar-refractivity contribution in [2.45, 2.75) is 19.3 Å². The molecule has 0 aliphatic carbocycles. The van der Waals surface area contributed by atoms with E-state index in [9.17, 15) is 4.79 Å². The molecule has 0 aromatic heterocycles. The van der Waals surface area contributed by atoms with Crippen molar-refractivity contribution in [1.29, 1.82) is 0 Å². The second-order valence-electron chi connectivity index (χ2n) is 5.04. The Morgan fingerprint density at radius 2 is 1.76 bits per heavy atom. The van der Waals surface area contributed by atoms with Gasteiger partial charge in [0.2, 0.25) is 0 Å². The zero-order chi connectivity index (χ0) is 15.2. The Morgan fingerprint density at radius 1 is 1.05 bits per heavy atom. The van der Waals surface area contributed by atoms with Crippen LogP contribution in [0.15, 0.2) is 42.5 Å². The minimum atomic E-state index is -0.188. The normalized spacial score (nSPS) is 11.8. The summed E-state index contributed by atoms with van der Waals surface area (Å²) in [6.07, 6.45) is 1.58. The van der Waals surface area contributed by atoms with Crippen LogP contribution in [0.1, 0.15) is 22.6 Å². The van der Waals surface area contributed by atoms with Gasteiger partial charge in [-0.1, -0.05) is 29.8 Å². The summed E-state index contributed by atoms with van der Waals surface area (Å²) in [4.78, 5) is 11.5. The quantitative estimate of drug-likeness (QED) is 0.761. The molecule has 0 aliphatic rings. The van der Waals surface area contributed by atoms with Crippen LogP contribution < -0.4 is 9.47 Å². The molecule has 2 rings (SSSR count). The van der Waals surface area contributed by atoms with Crippen LogP contribution in [0.4, 0.5) is 0 Å². The topological polar surface area (TPSA) is 35.5 Å². The molecule has 2 aromatic rings. The van der Waals surface area contributed by atoms with Gasteiger partial charge in [-0.2, -0.15) is 0 Å². The molecule has 110 valence electrons. The number of aldehydes is 1. The molecule has 0 saturated carbocycles. The van der Waals surface area contributed by atoms with E-state index in [-0.39, 0.29) is 5.92 Å². The van der Waals surface area contributed by atoms with Crippen molar-refractivity contribution in [2.75, 3.05) is 14.2 Å². The molecular weight excluding hydrogens is 264 g/mol. The van der Waals surface area contributed by atoms with Crippen LogP contribution in [0.2, 0.25) is 0 Å². The number of benzene rings is 2. The number of hydrogen-bond donors (Lipinski definition) is 0. The molecule has 1 atom stereocenters. The molecule has 0 fully saturated rings. The van der Waals surface area contributed by atoms with Crippen molar-refractivity contribution < 1.29 is 14.3 Å². The predicted octanol–water partition coefficient (Wildman–Crippen LogP) is 3.54. The van der Waals surface area contributed by atoms with Crippen LogP contribution in [0, 0.1) is 6.92 Å². The lowest BCUT2D eigenvalue weighted by Gasteiger charge is -2.15.